The predicted octanol–water partition coefficient (Wildman–Crippen LogP) is 3.37. The molecule has 1 unspecified atom stereocenters. The molecule has 106 valence electrons. The molecule has 3 heteroatoms. The topological polar surface area (TPSA) is 35.5 Å². The standard InChI is InChI=1S/C17H20O3/c1-4-12-17(20-6-3)15(18)14(16(17)19-5-2)13-10-8-7-9-11-13/h4,7-11H,1,5-6,12H2,2-3H3. The molecule has 0 heterocycles. The summed E-state index contributed by atoms with van der Waals surface area (Å²) in [6.07, 6.45) is 2.14. The molecule has 1 aromatic rings. The summed E-state index contributed by atoms with van der Waals surface area (Å²) in [6, 6.07) is 9.57. The van der Waals surface area contributed by atoms with Crippen LogP contribution in [0.5, 0.6) is 0 Å². The third-order valence-electron chi connectivity index (χ3n) is 3.36. The largest absolute Gasteiger partial charge is 0.494 e. The Hall–Kier alpha value is -1.87. The van der Waals surface area contributed by atoms with Gasteiger partial charge in [-0.3, -0.25) is 4.79 Å². The van der Waals surface area contributed by atoms with Crippen LogP contribution < -0.4 is 0 Å². The summed E-state index contributed by atoms with van der Waals surface area (Å²) in [5.41, 5.74) is 0.528. The van der Waals surface area contributed by atoms with Gasteiger partial charge in [-0.2, -0.15) is 0 Å². The molecule has 1 atom stereocenters. The zero-order chi connectivity index (χ0) is 14.6. The van der Waals surface area contributed by atoms with E-state index in [4.69, 9.17) is 9.47 Å². The molecule has 3 nitrogen and oxygen atoms in total. The van der Waals surface area contributed by atoms with E-state index < -0.39 is 5.60 Å². The molecule has 0 saturated heterocycles. The molecule has 0 aliphatic heterocycles. The monoisotopic (exact) mass is 272 g/mol. The summed E-state index contributed by atoms with van der Waals surface area (Å²) in [5.74, 6) is 0.617. The lowest BCUT2D eigenvalue weighted by Gasteiger charge is -2.42. The molecule has 0 spiro atoms. The molecule has 0 radical (unpaired) electrons. The van der Waals surface area contributed by atoms with Crippen molar-refractivity contribution in [1.29, 1.82) is 0 Å². The summed E-state index contributed by atoms with van der Waals surface area (Å²) in [4.78, 5) is 12.6. The van der Waals surface area contributed by atoms with Crippen molar-refractivity contribution in [3.63, 3.8) is 0 Å². The molecular weight excluding hydrogens is 252 g/mol. The summed E-state index contributed by atoms with van der Waals surface area (Å²) >= 11 is 0. The number of Topliss-reactive ketones (excluding diaryl/α,β-unsaturated/α-hetero) is 1. The van der Waals surface area contributed by atoms with Crippen LogP contribution in [-0.2, 0) is 14.3 Å². The number of hydrogen-bond acceptors (Lipinski definition) is 3. The summed E-state index contributed by atoms with van der Waals surface area (Å²) in [5, 5.41) is 0. The van der Waals surface area contributed by atoms with Gasteiger partial charge in [0.15, 0.2) is 5.60 Å². The van der Waals surface area contributed by atoms with Gasteiger partial charge in [0.25, 0.3) is 0 Å². The number of carbonyl (C=O) groups excluding carboxylic acids is 1. The quantitative estimate of drug-likeness (QED) is 0.714. The van der Waals surface area contributed by atoms with Gasteiger partial charge in [0.2, 0.25) is 5.78 Å². The number of hydrogen-bond donors (Lipinski definition) is 0. The lowest BCUT2D eigenvalue weighted by molar-refractivity contribution is -0.143. The van der Waals surface area contributed by atoms with Crippen molar-refractivity contribution in [2.45, 2.75) is 25.9 Å². The van der Waals surface area contributed by atoms with Gasteiger partial charge in [0.1, 0.15) is 5.76 Å². The van der Waals surface area contributed by atoms with Gasteiger partial charge in [-0.25, -0.2) is 0 Å². The van der Waals surface area contributed by atoms with Crippen LogP contribution >= 0.6 is 0 Å². The van der Waals surface area contributed by atoms with E-state index >= 15 is 0 Å². The SMILES string of the molecule is C=CCC1(OCC)C(=O)C(c2ccccc2)=C1OCC. The van der Waals surface area contributed by atoms with Crippen molar-refractivity contribution in [2.24, 2.45) is 0 Å². The van der Waals surface area contributed by atoms with Crippen LogP contribution in [0.15, 0.2) is 48.7 Å². The molecule has 0 N–H and O–H groups in total. The van der Waals surface area contributed by atoms with Gasteiger partial charge in [0, 0.05) is 13.0 Å². The predicted molar refractivity (Wildman–Crippen MR) is 79.2 cm³/mol. The Morgan fingerprint density at radius 3 is 2.45 bits per heavy atom. The number of carbonyl (C=O) groups is 1. The van der Waals surface area contributed by atoms with Gasteiger partial charge < -0.3 is 9.47 Å². The molecule has 1 aliphatic carbocycles. The number of benzene rings is 1. The number of rotatable bonds is 7. The molecule has 0 saturated carbocycles. The highest BCUT2D eigenvalue weighted by molar-refractivity contribution is 6.33. The fourth-order valence-electron chi connectivity index (χ4n) is 2.57. The Morgan fingerprint density at radius 2 is 1.90 bits per heavy atom. The summed E-state index contributed by atoms with van der Waals surface area (Å²) in [7, 11) is 0. The van der Waals surface area contributed by atoms with Gasteiger partial charge in [0.05, 0.1) is 12.2 Å². The minimum absolute atomic E-state index is 0.0195. The van der Waals surface area contributed by atoms with Gasteiger partial charge in [-0.1, -0.05) is 36.4 Å². The molecular formula is C17H20O3. The first kappa shape index (κ1) is 14.5. The van der Waals surface area contributed by atoms with Crippen LogP contribution in [0.25, 0.3) is 5.57 Å². The van der Waals surface area contributed by atoms with Gasteiger partial charge >= 0.3 is 0 Å². The molecule has 0 aromatic heterocycles. The van der Waals surface area contributed by atoms with E-state index in [1.165, 1.54) is 0 Å². The van der Waals surface area contributed by atoms with E-state index in [0.29, 0.717) is 31.0 Å². The maximum absolute atomic E-state index is 12.6. The Morgan fingerprint density at radius 1 is 1.20 bits per heavy atom. The molecule has 2 rings (SSSR count). The van der Waals surface area contributed by atoms with Crippen molar-refractivity contribution in [3.05, 3.63) is 54.3 Å². The highest BCUT2D eigenvalue weighted by atomic mass is 16.6. The molecule has 1 aromatic carbocycles. The van der Waals surface area contributed by atoms with E-state index in [-0.39, 0.29) is 5.78 Å². The van der Waals surface area contributed by atoms with E-state index in [1.54, 1.807) is 6.08 Å². The molecule has 1 aliphatic rings. The first-order valence-corrected chi connectivity index (χ1v) is 6.93. The Bertz CT molecular complexity index is 530. The maximum Gasteiger partial charge on any atom is 0.206 e. The van der Waals surface area contributed by atoms with Gasteiger partial charge in [-0.15, -0.1) is 6.58 Å². The van der Waals surface area contributed by atoms with Crippen LogP contribution in [-0.4, -0.2) is 24.6 Å². The Labute approximate surface area is 119 Å². The molecule has 0 amide bonds. The van der Waals surface area contributed by atoms with E-state index in [9.17, 15) is 4.79 Å². The molecule has 0 fully saturated rings. The zero-order valence-electron chi connectivity index (χ0n) is 12.0. The average molecular weight is 272 g/mol. The van der Waals surface area contributed by atoms with Crippen LogP contribution in [0.1, 0.15) is 25.8 Å². The first-order chi connectivity index (χ1) is 9.71. The summed E-state index contributed by atoms with van der Waals surface area (Å²) in [6.45, 7) is 8.47. The average Bonchev–Trinajstić information content (AvgIpc) is 2.47. The van der Waals surface area contributed by atoms with E-state index in [0.717, 1.165) is 5.56 Å². The lowest BCUT2D eigenvalue weighted by Crippen LogP contribution is -2.53. The van der Waals surface area contributed by atoms with Crippen molar-refractivity contribution >= 4 is 11.4 Å². The van der Waals surface area contributed by atoms with Crippen molar-refractivity contribution in [3.8, 4) is 0 Å². The Kier molecular flexibility index (Phi) is 4.40. The third kappa shape index (κ3) is 2.18. The second-order valence-corrected chi connectivity index (χ2v) is 4.59. The second kappa shape index (κ2) is 6.06. The van der Waals surface area contributed by atoms with Crippen LogP contribution in [0.3, 0.4) is 0 Å². The third-order valence-corrected chi connectivity index (χ3v) is 3.36. The molecule has 20 heavy (non-hydrogen) atoms. The van der Waals surface area contributed by atoms with Crippen molar-refractivity contribution in [1.82, 2.24) is 0 Å². The fourth-order valence-corrected chi connectivity index (χ4v) is 2.57. The molecule has 0 bridgehead atoms. The number of ether oxygens (including phenoxy) is 2. The first-order valence-electron chi connectivity index (χ1n) is 6.93. The van der Waals surface area contributed by atoms with Crippen LogP contribution in [0, 0.1) is 0 Å². The minimum Gasteiger partial charge on any atom is -0.494 e. The maximum atomic E-state index is 12.6. The van der Waals surface area contributed by atoms with Crippen LogP contribution in [0.4, 0.5) is 0 Å². The lowest BCUT2D eigenvalue weighted by atomic mass is 9.72. The Balaban J connectivity index is 2.50. The highest BCUT2D eigenvalue weighted by Gasteiger charge is 2.56. The zero-order valence-corrected chi connectivity index (χ0v) is 12.0. The van der Waals surface area contributed by atoms with E-state index in [2.05, 4.69) is 6.58 Å². The summed E-state index contributed by atoms with van der Waals surface area (Å²) < 4.78 is 11.5. The van der Waals surface area contributed by atoms with Crippen molar-refractivity contribution in [2.75, 3.05) is 13.2 Å². The van der Waals surface area contributed by atoms with Crippen LogP contribution in [0.2, 0.25) is 0 Å². The normalized spacial score (nSPS) is 21.6. The number of ketones is 1. The minimum atomic E-state index is -0.975. The van der Waals surface area contributed by atoms with Gasteiger partial charge in [-0.05, 0) is 19.4 Å². The second-order valence-electron chi connectivity index (χ2n) is 4.59. The highest BCUT2D eigenvalue weighted by Crippen LogP contribution is 2.46. The smallest absolute Gasteiger partial charge is 0.206 e. The van der Waals surface area contributed by atoms with Crippen molar-refractivity contribution < 1.29 is 14.3 Å². The fraction of sp³-hybridized carbons (Fsp3) is 0.353. The van der Waals surface area contributed by atoms with E-state index in [1.807, 2.05) is 44.2 Å².